The van der Waals surface area contributed by atoms with Gasteiger partial charge in [-0.3, -0.25) is 9.59 Å². The Morgan fingerprint density at radius 2 is 1.93 bits per heavy atom. The number of hydrogen-bond donors (Lipinski definition) is 2. The lowest BCUT2D eigenvalue weighted by atomic mass is 9.59. The number of fused-ring (bicyclic) bond motifs is 2. The van der Waals surface area contributed by atoms with Gasteiger partial charge in [-0.05, 0) is 41.8 Å². The summed E-state index contributed by atoms with van der Waals surface area (Å²) >= 11 is 12.5. The maximum absolute atomic E-state index is 13.6. The summed E-state index contributed by atoms with van der Waals surface area (Å²) in [4.78, 5) is 26.4. The molecule has 2 aliphatic rings. The standard InChI is InChI=1S/C23H22Cl2N2O2/c1-3-5-13(2)21-23(17-9-8-16(25)11-19(17)26-22(23)29)18(12-20(28)27-21)14-6-4-7-15(24)10-14/h4,6-11,18,21H,2-3,5,12H2,1H3,(H,26,29)(H,27,28)/t18-,21+,23-/m0/s1. The predicted molar refractivity (Wildman–Crippen MR) is 117 cm³/mol. The molecule has 0 saturated carbocycles. The van der Waals surface area contributed by atoms with E-state index in [0.29, 0.717) is 22.2 Å². The summed E-state index contributed by atoms with van der Waals surface area (Å²) in [6, 6.07) is 12.3. The van der Waals surface area contributed by atoms with Crippen molar-refractivity contribution in [3.63, 3.8) is 0 Å². The third kappa shape index (κ3) is 3.15. The van der Waals surface area contributed by atoms with E-state index in [1.807, 2.05) is 24.3 Å². The zero-order valence-corrected chi connectivity index (χ0v) is 17.6. The minimum absolute atomic E-state index is 0.0990. The summed E-state index contributed by atoms with van der Waals surface area (Å²) < 4.78 is 0. The average Bonchev–Trinajstić information content (AvgIpc) is 2.95. The Hall–Kier alpha value is -2.30. The van der Waals surface area contributed by atoms with E-state index in [-0.39, 0.29) is 24.2 Å². The SMILES string of the molecule is C=C(CCC)[C@H]1NC(=O)C[C@@H](c2cccc(Cl)c2)[C@]12C(=O)Nc1cc(Cl)ccc12. The molecule has 1 saturated heterocycles. The van der Waals surface area contributed by atoms with Crippen molar-refractivity contribution >= 4 is 40.7 Å². The number of anilines is 1. The number of amides is 2. The Bertz CT molecular complexity index is 1020. The number of piperidine rings is 1. The monoisotopic (exact) mass is 428 g/mol. The van der Waals surface area contributed by atoms with Crippen LogP contribution in [0.5, 0.6) is 0 Å². The minimum atomic E-state index is -1.01. The smallest absolute Gasteiger partial charge is 0.238 e. The van der Waals surface area contributed by atoms with E-state index in [2.05, 4.69) is 24.1 Å². The predicted octanol–water partition coefficient (Wildman–Crippen LogP) is 5.21. The highest BCUT2D eigenvalue weighted by atomic mass is 35.5. The summed E-state index contributed by atoms with van der Waals surface area (Å²) in [7, 11) is 0. The maximum atomic E-state index is 13.6. The molecule has 4 nitrogen and oxygen atoms in total. The van der Waals surface area contributed by atoms with Crippen LogP contribution in [-0.4, -0.2) is 17.9 Å². The van der Waals surface area contributed by atoms with Crippen molar-refractivity contribution in [2.45, 2.75) is 43.6 Å². The molecule has 150 valence electrons. The average molecular weight is 429 g/mol. The molecule has 0 bridgehead atoms. The van der Waals surface area contributed by atoms with Crippen molar-refractivity contribution in [1.82, 2.24) is 5.32 Å². The van der Waals surface area contributed by atoms with Crippen LogP contribution in [0.15, 0.2) is 54.6 Å². The second-order valence-corrected chi connectivity index (χ2v) is 8.61. The van der Waals surface area contributed by atoms with E-state index in [9.17, 15) is 9.59 Å². The molecule has 29 heavy (non-hydrogen) atoms. The van der Waals surface area contributed by atoms with Crippen LogP contribution < -0.4 is 10.6 Å². The minimum Gasteiger partial charge on any atom is -0.348 e. The molecule has 3 atom stereocenters. The van der Waals surface area contributed by atoms with Crippen molar-refractivity contribution in [3.05, 3.63) is 75.8 Å². The molecule has 1 spiro atoms. The summed E-state index contributed by atoms with van der Waals surface area (Å²) in [6.45, 7) is 6.30. The van der Waals surface area contributed by atoms with Crippen LogP contribution in [0, 0.1) is 0 Å². The zero-order valence-electron chi connectivity index (χ0n) is 16.1. The van der Waals surface area contributed by atoms with Crippen LogP contribution in [0.4, 0.5) is 5.69 Å². The van der Waals surface area contributed by atoms with Gasteiger partial charge >= 0.3 is 0 Å². The molecule has 2 aliphatic heterocycles. The van der Waals surface area contributed by atoms with Crippen LogP contribution in [0.2, 0.25) is 10.0 Å². The van der Waals surface area contributed by atoms with Gasteiger partial charge < -0.3 is 10.6 Å². The van der Waals surface area contributed by atoms with Gasteiger partial charge in [-0.25, -0.2) is 0 Å². The molecule has 0 radical (unpaired) electrons. The lowest BCUT2D eigenvalue weighted by molar-refractivity contribution is -0.130. The Morgan fingerprint density at radius 3 is 2.66 bits per heavy atom. The van der Waals surface area contributed by atoms with Crippen molar-refractivity contribution in [2.24, 2.45) is 0 Å². The Kier molecular flexibility index (Phi) is 5.18. The van der Waals surface area contributed by atoms with Gasteiger partial charge in [0, 0.05) is 28.1 Å². The van der Waals surface area contributed by atoms with Crippen LogP contribution >= 0.6 is 23.2 Å². The van der Waals surface area contributed by atoms with Crippen molar-refractivity contribution in [1.29, 1.82) is 0 Å². The van der Waals surface area contributed by atoms with Crippen LogP contribution in [0.1, 0.15) is 43.2 Å². The van der Waals surface area contributed by atoms with E-state index in [0.717, 1.165) is 23.1 Å². The fraction of sp³-hybridized carbons (Fsp3) is 0.304. The molecule has 0 aromatic heterocycles. The van der Waals surface area contributed by atoms with Gasteiger partial charge in [0.05, 0.1) is 6.04 Å². The fourth-order valence-electron chi connectivity index (χ4n) is 4.84. The van der Waals surface area contributed by atoms with Crippen molar-refractivity contribution < 1.29 is 9.59 Å². The highest BCUT2D eigenvalue weighted by Crippen LogP contribution is 2.54. The third-order valence-corrected chi connectivity index (χ3v) is 6.45. The number of carbonyl (C=O) groups is 2. The summed E-state index contributed by atoms with van der Waals surface area (Å²) in [5, 5.41) is 7.19. The first-order valence-electron chi connectivity index (χ1n) is 9.72. The second-order valence-electron chi connectivity index (χ2n) is 7.73. The summed E-state index contributed by atoms with van der Waals surface area (Å²) in [6.07, 6.45) is 1.77. The van der Waals surface area contributed by atoms with E-state index >= 15 is 0 Å². The molecular formula is C23H22Cl2N2O2. The second kappa shape index (κ2) is 7.51. The summed E-state index contributed by atoms with van der Waals surface area (Å²) in [5.41, 5.74) is 2.20. The molecule has 2 aromatic rings. The quantitative estimate of drug-likeness (QED) is 0.656. The first kappa shape index (κ1) is 20.0. The van der Waals surface area contributed by atoms with E-state index < -0.39 is 11.5 Å². The van der Waals surface area contributed by atoms with Crippen molar-refractivity contribution in [2.75, 3.05) is 5.32 Å². The van der Waals surface area contributed by atoms with Gasteiger partial charge in [0.25, 0.3) is 0 Å². The number of rotatable bonds is 4. The van der Waals surface area contributed by atoms with Gasteiger partial charge in [-0.1, -0.05) is 66.9 Å². The zero-order chi connectivity index (χ0) is 20.8. The fourth-order valence-corrected chi connectivity index (χ4v) is 5.21. The maximum Gasteiger partial charge on any atom is 0.238 e. The van der Waals surface area contributed by atoms with Gasteiger partial charge in [0.2, 0.25) is 11.8 Å². The normalized spacial score (nSPS) is 25.5. The number of benzene rings is 2. The van der Waals surface area contributed by atoms with E-state index in [4.69, 9.17) is 23.2 Å². The highest BCUT2D eigenvalue weighted by molar-refractivity contribution is 6.31. The van der Waals surface area contributed by atoms with E-state index in [1.165, 1.54) is 0 Å². The number of halogens is 2. The largest absolute Gasteiger partial charge is 0.348 e. The molecule has 0 aliphatic carbocycles. The molecule has 1 fully saturated rings. The van der Waals surface area contributed by atoms with Crippen molar-refractivity contribution in [3.8, 4) is 0 Å². The number of nitrogens with one attached hydrogen (secondary N) is 2. The molecule has 2 amide bonds. The van der Waals surface area contributed by atoms with Gasteiger partial charge in [-0.15, -0.1) is 0 Å². The van der Waals surface area contributed by atoms with Gasteiger partial charge in [0.1, 0.15) is 5.41 Å². The van der Waals surface area contributed by atoms with E-state index in [1.54, 1.807) is 18.2 Å². The van der Waals surface area contributed by atoms with Crippen LogP contribution in [0.3, 0.4) is 0 Å². The lowest BCUT2D eigenvalue weighted by Crippen LogP contribution is -2.62. The molecule has 2 heterocycles. The number of carbonyl (C=O) groups excluding carboxylic acids is 2. The molecule has 2 aromatic carbocycles. The van der Waals surface area contributed by atoms with Gasteiger partial charge in [-0.2, -0.15) is 0 Å². The summed E-state index contributed by atoms with van der Waals surface area (Å²) in [5.74, 6) is -0.629. The van der Waals surface area contributed by atoms with Crippen LogP contribution in [-0.2, 0) is 15.0 Å². The molecule has 6 heteroatoms. The molecule has 4 rings (SSSR count). The number of hydrogen-bond acceptors (Lipinski definition) is 2. The third-order valence-electron chi connectivity index (χ3n) is 5.98. The van der Waals surface area contributed by atoms with Crippen LogP contribution in [0.25, 0.3) is 0 Å². The Labute approximate surface area is 180 Å². The Balaban J connectivity index is 1.98. The highest BCUT2D eigenvalue weighted by Gasteiger charge is 2.61. The molecule has 0 unspecified atom stereocenters. The Morgan fingerprint density at radius 1 is 1.17 bits per heavy atom. The lowest BCUT2D eigenvalue weighted by Gasteiger charge is -2.47. The topological polar surface area (TPSA) is 58.2 Å². The molecule has 2 N–H and O–H groups in total. The first-order valence-corrected chi connectivity index (χ1v) is 10.5. The first-order chi connectivity index (χ1) is 13.9. The van der Waals surface area contributed by atoms with Gasteiger partial charge in [0.15, 0.2) is 0 Å². The molecular weight excluding hydrogens is 407 g/mol.